The third-order valence-electron chi connectivity index (χ3n) is 5.19. The summed E-state index contributed by atoms with van der Waals surface area (Å²) in [5.74, 6) is 2.62. The smallest absolute Gasteiger partial charge is 0.0201 e. The maximum absolute atomic E-state index is 2.51. The lowest BCUT2D eigenvalue weighted by Crippen LogP contribution is -2.22. The van der Waals surface area contributed by atoms with Crippen molar-refractivity contribution < 1.29 is 0 Å². The average Bonchev–Trinajstić information content (AvgIpc) is 2.31. The predicted molar refractivity (Wildman–Crippen MR) is 82.8 cm³/mol. The zero-order chi connectivity index (χ0) is 13.5. The molecule has 106 valence electrons. The fourth-order valence-electron chi connectivity index (χ4n) is 3.71. The van der Waals surface area contributed by atoms with Crippen molar-refractivity contribution >= 4 is 0 Å². The molecule has 2 atom stereocenters. The van der Waals surface area contributed by atoms with Crippen molar-refractivity contribution in [2.75, 3.05) is 0 Å². The molecular weight excluding hydrogens is 216 g/mol. The van der Waals surface area contributed by atoms with Gasteiger partial charge in [0.2, 0.25) is 0 Å². The summed E-state index contributed by atoms with van der Waals surface area (Å²) < 4.78 is 0. The van der Waals surface area contributed by atoms with Gasteiger partial charge in [-0.05, 0) is 43.4 Å². The summed E-state index contributed by atoms with van der Waals surface area (Å²) >= 11 is 0. The number of hydrogen-bond acceptors (Lipinski definition) is 0. The summed E-state index contributed by atoms with van der Waals surface area (Å²) in [7, 11) is 0. The van der Waals surface area contributed by atoms with E-state index in [1.165, 1.54) is 51.4 Å². The van der Waals surface area contributed by atoms with Crippen LogP contribution in [0.5, 0.6) is 0 Å². The fourth-order valence-corrected chi connectivity index (χ4v) is 3.71. The SMILES string of the molecule is CCCC(CCC)C(C)C(C)C(CC)=C1CCC1. The standard InChI is InChI=1S/C18H34/c1-6-10-16(11-7-2)14(4)15(5)18(8-3)17-12-9-13-17/h14-16H,6-13H2,1-5H3. The van der Waals surface area contributed by atoms with Crippen LogP contribution in [0, 0.1) is 17.8 Å². The molecule has 1 aliphatic carbocycles. The van der Waals surface area contributed by atoms with Crippen LogP contribution >= 0.6 is 0 Å². The minimum Gasteiger partial charge on any atom is -0.0707 e. The first-order chi connectivity index (χ1) is 8.65. The highest BCUT2D eigenvalue weighted by Crippen LogP contribution is 2.39. The summed E-state index contributed by atoms with van der Waals surface area (Å²) in [6.07, 6.45) is 11.1. The molecular formula is C18H34. The van der Waals surface area contributed by atoms with Gasteiger partial charge in [-0.3, -0.25) is 0 Å². The lowest BCUT2D eigenvalue weighted by atomic mass is 9.72. The van der Waals surface area contributed by atoms with Gasteiger partial charge in [0.15, 0.2) is 0 Å². The van der Waals surface area contributed by atoms with Gasteiger partial charge in [-0.25, -0.2) is 0 Å². The molecule has 2 unspecified atom stereocenters. The first-order valence-corrected chi connectivity index (χ1v) is 8.36. The molecule has 1 rings (SSSR count). The molecule has 0 N–H and O–H groups in total. The number of allylic oxidation sites excluding steroid dienone is 2. The Kier molecular flexibility index (Phi) is 7.04. The van der Waals surface area contributed by atoms with E-state index in [4.69, 9.17) is 0 Å². The van der Waals surface area contributed by atoms with Gasteiger partial charge in [-0.1, -0.05) is 71.4 Å². The Hall–Kier alpha value is -0.260. The van der Waals surface area contributed by atoms with Crippen LogP contribution in [0.15, 0.2) is 11.1 Å². The quantitative estimate of drug-likeness (QED) is 0.439. The van der Waals surface area contributed by atoms with E-state index < -0.39 is 0 Å². The fraction of sp³-hybridized carbons (Fsp3) is 0.889. The predicted octanol–water partition coefficient (Wildman–Crippen LogP) is 6.37. The zero-order valence-electron chi connectivity index (χ0n) is 13.4. The molecule has 1 aliphatic rings. The molecule has 0 aromatic heterocycles. The first-order valence-electron chi connectivity index (χ1n) is 8.36. The topological polar surface area (TPSA) is 0 Å². The zero-order valence-corrected chi connectivity index (χ0v) is 13.4. The molecule has 0 aromatic rings. The Morgan fingerprint density at radius 1 is 1.00 bits per heavy atom. The molecule has 0 radical (unpaired) electrons. The number of hydrogen-bond donors (Lipinski definition) is 0. The van der Waals surface area contributed by atoms with E-state index in [2.05, 4.69) is 34.6 Å². The van der Waals surface area contributed by atoms with Crippen molar-refractivity contribution in [2.24, 2.45) is 17.8 Å². The molecule has 0 amide bonds. The van der Waals surface area contributed by atoms with Crippen LogP contribution in [0.25, 0.3) is 0 Å². The summed E-state index contributed by atoms with van der Waals surface area (Å²) in [5.41, 5.74) is 3.62. The van der Waals surface area contributed by atoms with Crippen molar-refractivity contribution in [1.29, 1.82) is 0 Å². The minimum absolute atomic E-state index is 0.813. The van der Waals surface area contributed by atoms with Gasteiger partial charge in [0, 0.05) is 0 Å². The summed E-state index contributed by atoms with van der Waals surface area (Å²) in [6, 6.07) is 0. The second-order valence-electron chi connectivity index (χ2n) is 6.32. The van der Waals surface area contributed by atoms with E-state index in [9.17, 15) is 0 Å². The third-order valence-corrected chi connectivity index (χ3v) is 5.19. The van der Waals surface area contributed by atoms with Crippen LogP contribution in [-0.4, -0.2) is 0 Å². The summed E-state index contributed by atoms with van der Waals surface area (Å²) in [4.78, 5) is 0. The highest BCUT2D eigenvalue weighted by molar-refractivity contribution is 5.22. The highest BCUT2D eigenvalue weighted by Gasteiger charge is 2.26. The first kappa shape index (κ1) is 15.8. The van der Waals surface area contributed by atoms with Crippen molar-refractivity contribution in [2.45, 2.75) is 86.0 Å². The van der Waals surface area contributed by atoms with Gasteiger partial charge in [0.1, 0.15) is 0 Å². The largest absolute Gasteiger partial charge is 0.0707 e. The lowest BCUT2D eigenvalue weighted by Gasteiger charge is -2.33. The Labute approximate surface area is 115 Å². The van der Waals surface area contributed by atoms with E-state index in [1.54, 1.807) is 0 Å². The van der Waals surface area contributed by atoms with Gasteiger partial charge in [0.05, 0.1) is 0 Å². The van der Waals surface area contributed by atoms with E-state index in [1.807, 2.05) is 11.1 Å². The monoisotopic (exact) mass is 250 g/mol. The Bertz CT molecular complexity index is 249. The van der Waals surface area contributed by atoms with E-state index in [-0.39, 0.29) is 0 Å². The maximum Gasteiger partial charge on any atom is -0.0201 e. The van der Waals surface area contributed by atoms with Gasteiger partial charge >= 0.3 is 0 Å². The van der Waals surface area contributed by atoms with Crippen LogP contribution in [0.3, 0.4) is 0 Å². The molecule has 0 aliphatic heterocycles. The molecule has 1 saturated carbocycles. The van der Waals surface area contributed by atoms with Crippen LogP contribution < -0.4 is 0 Å². The molecule has 0 aromatic carbocycles. The summed E-state index contributed by atoms with van der Waals surface area (Å²) in [6.45, 7) is 12.0. The second kappa shape index (κ2) is 8.02. The van der Waals surface area contributed by atoms with Crippen molar-refractivity contribution in [3.05, 3.63) is 11.1 Å². The molecule has 0 spiro atoms. The molecule has 0 nitrogen and oxygen atoms in total. The summed E-state index contributed by atoms with van der Waals surface area (Å²) in [5, 5.41) is 0. The van der Waals surface area contributed by atoms with Crippen molar-refractivity contribution in [3.63, 3.8) is 0 Å². The van der Waals surface area contributed by atoms with Gasteiger partial charge in [-0.2, -0.15) is 0 Å². The minimum atomic E-state index is 0.813. The van der Waals surface area contributed by atoms with Crippen molar-refractivity contribution in [3.8, 4) is 0 Å². The Morgan fingerprint density at radius 2 is 1.56 bits per heavy atom. The van der Waals surface area contributed by atoms with E-state index in [0.717, 1.165) is 17.8 Å². The number of rotatable bonds is 8. The van der Waals surface area contributed by atoms with Crippen molar-refractivity contribution in [1.82, 2.24) is 0 Å². The highest BCUT2D eigenvalue weighted by atomic mass is 14.3. The molecule has 0 bridgehead atoms. The Morgan fingerprint density at radius 3 is 1.89 bits per heavy atom. The molecule has 0 saturated heterocycles. The third kappa shape index (κ3) is 3.87. The Balaban J connectivity index is 2.70. The van der Waals surface area contributed by atoms with E-state index >= 15 is 0 Å². The van der Waals surface area contributed by atoms with Crippen LogP contribution in [0.2, 0.25) is 0 Å². The molecule has 0 heterocycles. The van der Waals surface area contributed by atoms with Gasteiger partial charge < -0.3 is 0 Å². The van der Waals surface area contributed by atoms with Crippen LogP contribution in [0.4, 0.5) is 0 Å². The normalized spacial score (nSPS) is 18.7. The van der Waals surface area contributed by atoms with E-state index in [0.29, 0.717) is 0 Å². The molecule has 1 fully saturated rings. The molecule has 18 heavy (non-hydrogen) atoms. The lowest BCUT2D eigenvalue weighted by molar-refractivity contribution is 0.249. The average molecular weight is 250 g/mol. The van der Waals surface area contributed by atoms with Crippen LogP contribution in [-0.2, 0) is 0 Å². The second-order valence-corrected chi connectivity index (χ2v) is 6.32. The maximum atomic E-state index is 2.51. The van der Waals surface area contributed by atoms with Crippen LogP contribution in [0.1, 0.15) is 86.0 Å². The van der Waals surface area contributed by atoms with Gasteiger partial charge in [-0.15, -0.1) is 0 Å². The van der Waals surface area contributed by atoms with Gasteiger partial charge in [0.25, 0.3) is 0 Å². The molecule has 0 heteroatoms.